The Morgan fingerprint density at radius 2 is 2.35 bits per heavy atom. The molecule has 2 fully saturated rings. The zero-order valence-electron chi connectivity index (χ0n) is 9.62. The number of fused-ring (bicyclic) bond motifs is 1. The van der Waals surface area contributed by atoms with Crippen LogP contribution in [0.15, 0.2) is 0 Å². The molecule has 0 aromatic rings. The van der Waals surface area contributed by atoms with Crippen molar-refractivity contribution in [1.29, 1.82) is 0 Å². The molecular formula is C11H15F2NO3. The summed E-state index contributed by atoms with van der Waals surface area (Å²) in [6, 6.07) is 0. The van der Waals surface area contributed by atoms with E-state index in [1.54, 1.807) is 6.92 Å². The quantitative estimate of drug-likeness (QED) is 0.704. The Hall–Kier alpha value is -1.20. The Morgan fingerprint density at radius 3 is 2.94 bits per heavy atom. The molecule has 0 spiro atoms. The first kappa shape index (κ1) is 12.3. The highest BCUT2D eigenvalue weighted by atomic mass is 19.3. The van der Waals surface area contributed by atoms with E-state index in [1.807, 2.05) is 0 Å². The van der Waals surface area contributed by atoms with Crippen molar-refractivity contribution < 1.29 is 23.1 Å². The van der Waals surface area contributed by atoms with Crippen LogP contribution >= 0.6 is 0 Å². The van der Waals surface area contributed by atoms with Gasteiger partial charge in [-0.1, -0.05) is 0 Å². The first-order valence-corrected chi connectivity index (χ1v) is 5.77. The molecule has 0 aromatic carbocycles. The minimum Gasteiger partial charge on any atom is -0.464 e. The Labute approximate surface area is 97.9 Å². The molecule has 96 valence electrons. The van der Waals surface area contributed by atoms with Crippen molar-refractivity contribution in [3.8, 4) is 0 Å². The molecule has 4 nitrogen and oxygen atoms in total. The molecule has 6 heteroatoms. The van der Waals surface area contributed by atoms with Crippen LogP contribution in [0.4, 0.5) is 8.78 Å². The molecule has 17 heavy (non-hydrogen) atoms. The maximum absolute atomic E-state index is 12.7. The Kier molecular flexibility index (Phi) is 3.05. The second-order valence-corrected chi connectivity index (χ2v) is 4.56. The summed E-state index contributed by atoms with van der Waals surface area (Å²) in [5, 5.41) is 0. The lowest BCUT2D eigenvalue weighted by Crippen LogP contribution is -2.48. The van der Waals surface area contributed by atoms with Gasteiger partial charge in [-0.05, 0) is 19.8 Å². The molecule has 2 rings (SSSR count). The SMILES string of the molecule is CCOC(=O)[C@]12CCC(=O)N1CC(C(F)F)C2. The number of carbonyl (C=O) groups excluding carboxylic acids is 2. The highest BCUT2D eigenvalue weighted by Gasteiger charge is 2.59. The van der Waals surface area contributed by atoms with Crippen molar-refractivity contribution in [3.05, 3.63) is 0 Å². The fourth-order valence-corrected chi connectivity index (χ4v) is 2.77. The minimum absolute atomic E-state index is 0.0231. The third kappa shape index (κ3) is 1.79. The molecule has 2 aliphatic rings. The van der Waals surface area contributed by atoms with Gasteiger partial charge in [0.15, 0.2) is 0 Å². The fourth-order valence-electron chi connectivity index (χ4n) is 2.77. The number of hydrogen-bond donors (Lipinski definition) is 0. The molecule has 2 atom stereocenters. The molecule has 0 radical (unpaired) electrons. The van der Waals surface area contributed by atoms with Gasteiger partial charge in [-0.15, -0.1) is 0 Å². The van der Waals surface area contributed by atoms with Crippen molar-refractivity contribution in [2.45, 2.75) is 38.2 Å². The second-order valence-electron chi connectivity index (χ2n) is 4.56. The Bertz CT molecular complexity index is 348. The zero-order valence-corrected chi connectivity index (χ0v) is 9.62. The lowest BCUT2D eigenvalue weighted by molar-refractivity contribution is -0.157. The first-order chi connectivity index (χ1) is 8.01. The molecule has 2 aliphatic heterocycles. The molecule has 1 unspecified atom stereocenters. The minimum atomic E-state index is -2.50. The van der Waals surface area contributed by atoms with E-state index in [1.165, 1.54) is 4.90 Å². The van der Waals surface area contributed by atoms with Crippen LogP contribution in [0.25, 0.3) is 0 Å². The molecule has 2 saturated heterocycles. The summed E-state index contributed by atoms with van der Waals surface area (Å²) in [5.74, 6) is -1.67. The van der Waals surface area contributed by atoms with E-state index in [0.29, 0.717) is 6.42 Å². The lowest BCUT2D eigenvalue weighted by atomic mass is 9.90. The van der Waals surface area contributed by atoms with Crippen molar-refractivity contribution in [2.75, 3.05) is 13.2 Å². The van der Waals surface area contributed by atoms with Crippen molar-refractivity contribution in [2.24, 2.45) is 5.92 Å². The number of ether oxygens (including phenoxy) is 1. The van der Waals surface area contributed by atoms with Crippen LogP contribution in [0, 0.1) is 5.92 Å². The van der Waals surface area contributed by atoms with E-state index in [4.69, 9.17) is 4.74 Å². The van der Waals surface area contributed by atoms with E-state index in [-0.39, 0.29) is 31.9 Å². The monoisotopic (exact) mass is 247 g/mol. The van der Waals surface area contributed by atoms with Crippen LogP contribution in [-0.4, -0.2) is 41.9 Å². The summed E-state index contributed by atoms with van der Waals surface area (Å²) in [7, 11) is 0. The third-order valence-electron chi connectivity index (χ3n) is 3.60. The summed E-state index contributed by atoms with van der Waals surface area (Å²) in [6.45, 7) is 1.83. The smallest absolute Gasteiger partial charge is 0.332 e. The van der Waals surface area contributed by atoms with Crippen molar-refractivity contribution >= 4 is 11.9 Å². The molecule has 0 bridgehead atoms. The second kappa shape index (κ2) is 4.23. The topological polar surface area (TPSA) is 46.6 Å². The molecule has 0 aliphatic carbocycles. The summed E-state index contributed by atoms with van der Waals surface area (Å²) in [4.78, 5) is 24.8. The zero-order chi connectivity index (χ0) is 12.6. The highest BCUT2D eigenvalue weighted by molar-refractivity contribution is 5.92. The van der Waals surface area contributed by atoms with Crippen LogP contribution in [-0.2, 0) is 14.3 Å². The van der Waals surface area contributed by atoms with Gasteiger partial charge in [0.25, 0.3) is 0 Å². The van der Waals surface area contributed by atoms with Gasteiger partial charge in [0, 0.05) is 18.9 Å². The number of nitrogens with zero attached hydrogens (tertiary/aromatic N) is 1. The molecule has 2 heterocycles. The highest BCUT2D eigenvalue weighted by Crippen LogP contribution is 2.44. The average Bonchev–Trinajstić information content (AvgIpc) is 2.79. The van der Waals surface area contributed by atoms with Crippen molar-refractivity contribution in [1.82, 2.24) is 4.90 Å². The number of amides is 1. The largest absolute Gasteiger partial charge is 0.464 e. The standard InChI is InChI=1S/C11H15F2NO3/c1-2-17-10(16)11-4-3-8(15)14(11)6-7(5-11)9(12)13/h7,9H,2-6H2,1H3/t7?,11-/m1/s1. The molecular weight excluding hydrogens is 232 g/mol. The van der Waals surface area contributed by atoms with Gasteiger partial charge in [0.05, 0.1) is 6.61 Å². The lowest BCUT2D eigenvalue weighted by Gasteiger charge is -2.28. The number of halogens is 2. The maximum atomic E-state index is 12.7. The van der Waals surface area contributed by atoms with Crippen molar-refractivity contribution in [3.63, 3.8) is 0 Å². The van der Waals surface area contributed by atoms with E-state index in [9.17, 15) is 18.4 Å². The van der Waals surface area contributed by atoms with Gasteiger partial charge in [-0.25, -0.2) is 13.6 Å². The number of hydrogen-bond acceptors (Lipinski definition) is 3. The van der Waals surface area contributed by atoms with Gasteiger partial charge < -0.3 is 9.64 Å². The first-order valence-electron chi connectivity index (χ1n) is 5.77. The van der Waals surface area contributed by atoms with E-state index in [0.717, 1.165) is 0 Å². The maximum Gasteiger partial charge on any atom is 0.332 e. The Morgan fingerprint density at radius 1 is 1.65 bits per heavy atom. The summed E-state index contributed by atoms with van der Waals surface area (Å²) in [5.41, 5.74) is -1.12. The molecule has 0 saturated carbocycles. The third-order valence-corrected chi connectivity index (χ3v) is 3.60. The van der Waals surface area contributed by atoms with Crippen LogP contribution in [0.3, 0.4) is 0 Å². The fraction of sp³-hybridized carbons (Fsp3) is 0.818. The number of esters is 1. The van der Waals surface area contributed by atoms with Crippen LogP contribution < -0.4 is 0 Å². The van der Waals surface area contributed by atoms with Gasteiger partial charge in [-0.3, -0.25) is 4.79 Å². The number of rotatable bonds is 3. The summed E-state index contributed by atoms with van der Waals surface area (Å²) in [6.07, 6.45) is -1.93. The number of alkyl halides is 2. The van der Waals surface area contributed by atoms with Gasteiger partial charge >= 0.3 is 5.97 Å². The van der Waals surface area contributed by atoms with E-state index in [2.05, 4.69) is 0 Å². The normalized spacial score (nSPS) is 32.1. The molecule has 0 N–H and O–H groups in total. The molecule has 0 aromatic heterocycles. The predicted octanol–water partition coefficient (Wildman–Crippen LogP) is 1.20. The summed E-state index contributed by atoms with van der Waals surface area (Å²) >= 11 is 0. The van der Waals surface area contributed by atoms with Crippen LogP contribution in [0.1, 0.15) is 26.2 Å². The predicted molar refractivity (Wildman–Crippen MR) is 54.4 cm³/mol. The van der Waals surface area contributed by atoms with E-state index < -0.39 is 23.9 Å². The van der Waals surface area contributed by atoms with Gasteiger partial charge in [0.2, 0.25) is 12.3 Å². The summed E-state index contributed by atoms with van der Waals surface area (Å²) < 4.78 is 30.3. The molecule has 1 amide bonds. The van der Waals surface area contributed by atoms with Crippen LogP contribution in [0.5, 0.6) is 0 Å². The Balaban J connectivity index is 2.23. The average molecular weight is 247 g/mol. The van der Waals surface area contributed by atoms with Gasteiger partial charge in [-0.2, -0.15) is 0 Å². The van der Waals surface area contributed by atoms with Gasteiger partial charge in [0.1, 0.15) is 5.54 Å². The van der Waals surface area contributed by atoms with E-state index >= 15 is 0 Å². The number of carbonyl (C=O) groups is 2. The van der Waals surface area contributed by atoms with Crippen LogP contribution in [0.2, 0.25) is 0 Å².